The summed E-state index contributed by atoms with van der Waals surface area (Å²) in [7, 11) is 0. The van der Waals surface area contributed by atoms with E-state index in [2.05, 4.69) is 4.98 Å². The Morgan fingerprint density at radius 2 is 1.76 bits per heavy atom. The number of aryl methyl sites for hydroxylation is 1. The summed E-state index contributed by atoms with van der Waals surface area (Å²) in [5.41, 5.74) is -4.47. The maximum absolute atomic E-state index is 15.0. The topological polar surface area (TPSA) is 120 Å². The van der Waals surface area contributed by atoms with Crippen LogP contribution in [0.1, 0.15) is 111 Å². The highest BCUT2D eigenvalue weighted by Crippen LogP contribution is 2.46. The molecule has 0 spiro atoms. The fourth-order valence-corrected chi connectivity index (χ4v) is 10.1. The monoisotopic (exact) mass is 803 g/mol. The molecule has 2 atom stereocenters. The molecule has 55 heavy (non-hydrogen) atoms. The number of nitrogens with zero attached hydrogens (tertiary/aromatic N) is 3. The summed E-state index contributed by atoms with van der Waals surface area (Å²) in [6.07, 6.45) is 2.04. The molecule has 3 aromatic rings. The van der Waals surface area contributed by atoms with Crippen molar-refractivity contribution in [1.29, 1.82) is 0 Å². The predicted molar refractivity (Wildman–Crippen MR) is 207 cm³/mol. The Balaban J connectivity index is 0.00000580. The maximum atomic E-state index is 15.0. The number of pyridine rings is 1. The first-order valence-electron chi connectivity index (χ1n) is 18.8. The molecule has 14 heteroatoms. The van der Waals surface area contributed by atoms with Crippen LogP contribution in [-0.4, -0.2) is 79.8 Å². The quantitative estimate of drug-likeness (QED) is 0.130. The molecule has 2 saturated heterocycles. The van der Waals surface area contributed by atoms with E-state index < -0.39 is 52.0 Å². The van der Waals surface area contributed by atoms with Crippen LogP contribution < -0.4 is 4.74 Å². The van der Waals surface area contributed by atoms with E-state index in [-0.39, 0.29) is 52.2 Å². The number of aliphatic carboxylic acids is 1. The van der Waals surface area contributed by atoms with Crippen LogP contribution >= 0.6 is 23.1 Å². The molecule has 3 aliphatic rings. The molecule has 2 N–H and O–H groups in total. The lowest BCUT2D eigenvalue weighted by molar-refractivity contribution is -0.163. The van der Waals surface area contributed by atoms with Crippen LogP contribution in [0.15, 0.2) is 58.9 Å². The average molecular weight is 804 g/mol. The number of thioether (sulfide) groups is 1. The van der Waals surface area contributed by atoms with Gasteiger partial charge in [0, 0.05) is 47.4 Å². The van der Waals surface area contributed by atoms with Gasteiger partial charge >= 0.3 is 12.1 Å². The van der Waals surface area contributed by atoms with Crippen molar-refractivity contribution >= 4 is 40.9 Å². The first-order valence-corrected chi connectivity index (χ1v) is 20.6. The van der Waals surface area contributed by atoms with Crippen molar-refractivity contribution in [3.8, 4) is 5.75 Å². The van der Waals surface area contributed by atoms with E-state index in [0.717, 1.165) is 40.3 Å². The Morgan fingerprint density at radius 3 is 2.38 bits per heavy atom. The number of piperidine rings is 2. The van der Waals surface area contributed by atoms with Crippen LogP contribution in [0.3, 0.4) is 0 Å². The third-order valence-electron chi connectivity index (χ3n) is 11.5. The highest BCUT2D eigenvalue weighted by atomic mass is 32.2. The second-order valence-electron chi connectivity index (χ2n) is 14.9. The number of carboxylic acids is 1. The number of carboxylic acid groups (broad SMARTS) is 1. The molecular weight excluding hydrogens is 752 g/mol. The number of carbonyl (C=O) groups excluding carboxylic acids is 2. The number of benzene rings is 1. The van der Waals surface area contributed by atoms with Crippen molar-refractivity contribution < 1.29 is 42.5 Å². The smallest absolute Gasteiger partial charge is 0.418 e. The van der Waals surface area contributed by atoms with Gasteiger partial charge in [0.2, 0.25) is 5.60 Å². The van der Waals surface area contributed by atoms with Gasteiger partial charge in [-0.2, -0.15) is 13.2 Å². The zero-order valence-electron chi connectivity index (χ0n) is 30.7. The fraction of sp³-hybridized carbons (Fsp3) is 0.561. The van der Waals surface area contributed by atoms with E-state index in [1.54, 1.807) is 22.0 Å². The number of thiophene rings is 1. The zero-order chi connectivity index (χ0) is 38.7. The summed E-state index contributed by atoms with van der Waals surface area (Å²) < 4.78 is 48.9. The fourth-order valence-electron chi connectivity index (χ4n) is 8.39. The molecule has 0 radical (unpaired) electrons. The minimum absolute atomic E-state index is 0. The van der Waals surface area contributed by atoms with Crippen molar-refractivity contribution in [1.82, 2.24) is 14.8 Å². The Bertz CT molecular complexity index is 1820. The van der Waals surface area contributed by atoms with Crippen LogP contribution in [0.4, 0.5) is 13.2 Å². The number of rotatable bonds is 13. The van der Waals surface area contributed by atoms with Gasteiger partial charge in [0.25, 0.3) is 11.8 Å². The lowest BCUT2D eigenvalue weighted by Gasteiger charge is -2.51. The molecule has 0 bridgehead atoms. The van der Waals surface area contributed by atoms with Crippen LogP contribution in [0, 0.1) is 12.3 Å². The van der Waals surface area contributed by atoms with Gasteiger partial charge < -0.3 is 24.7 Å². The number of alkyl halides is 3. The summed E-state index contributed by atoms with van der Waals surface area (Å²) in [4.78, 5) is 49.7. The Labute approximate surface area is 329 Å². The maximum Gasteiger partial charge on any atom is 0.418 e. The zero-order valence-corrected chi connectivity index (χ0v) is 32.3. The SMILES string of the molecule is C.CCC[C@H]1N(C(=O)c2ncccc2C(F)(F)F)CCC[C@@]1(Oc1csc(C)c1)C(=O)N1CCC(O)(c2ccccc2SCCCC2(C(=O)O)CCC2)CC1. The number of hydrogen-bond acceptors (Lipinski definition) is 8. The van der Waals surface area contributed by atoms with Crippen molar-refractivity contribution in [3.05, 3.63) is 75.7 Å². The molecule has 4 heterocycles. The number of carbonyl (C=O) groups is 3. The van der Waals surface area contributed by atoms with Crippen molar-refractivity contribution in [2.45, 2.75) is 120 Å². The second-order valence-corrected chi connectivity index (χ2v) is 17.2. The minimum atomic E-state index is -4.80. The highest BCUT2D eigenvalue weighted by Gasteiger charge is 2.56. The van der Waals surface area contributed by atoms with Crippen LogP contribution in [0.5, 0.6) is 5.75 Å². The van der Waals surface area contributed by atoms with Gasteiger partial charge in [-0.05, 0) is 93.9 Å². The predicted octanol–water partition coefficient (Wildman–Crippen LogP) is 8.97. The van der Waals surface area contributed by atoms with E-state index in [1.807, 2.05) is 44.2 Å². The molecule has 2 aliphatic heterocycles. The number of ether oxygens (including phenoxy) is 1. The number of aromatic nitrogens is 1. The second kappa shape index (κ2) is 17.3. The minimum Gasteiger partial charge on any atom is -0.481 e. The molecule has 2 amide bonds. The Morgan fingerprint density at radius 1 is 1.04 bits per heavy atom. The van der Waals surface area contributed by atoms with Gasteiger partial charge in [-0.15, -0.1) is 23.1 Å². The van der Waals surface area contributed by atoms with Gasteiger partial charge in [0.05, 0.1) is 22.6 Å². The number of likely N-dealkylation sites (tertiary alicyclic amines) is 2. The van der Waals surface area contributed by atoms with Gasteiger partial charge in [-0.1, -0.05) is 45.4 Å². The first-order chi connectivity index (χ1) is 25.7. The van der Waals surface area contributed by atoms with Gasteiger partial charge in [-0.3, -0.25) is 19.4 Å². The molecule has 3 fully saturated rings. The van der Waals surface area contributed by atoms with E-state index in [0.29, 0.717) is 50.0 Å². The van der Waals surface area contributed by atoms with E-state index in [9.17, 15) is 37.8 Å². The van der Waals surface area contributed by atoms with E-state index in [4.69, 9.17) is 4.74 Å². The number of halogens is 3. The summed E-state index contributed by atoms with van der Waals surface area (Å²) >= 11 is 3.05. The molecule has 6 rings (SSSR count). The molecule has 2 aromatic heterocycles. The third-order valence-corrected chi connectivity index (χ3v) is 13.5. The largest absolute Gasteiger partial charge is 0.481 e. The van der Waals surface area contributed by atoms with Crippen molar-refractivity contribution in [2.24, 2.45) is 5.41 Å². The van der Waals surface area contributed by atoms with Crippen LogP contribution in [0.25, 0.3) is 0 Å². The number of aliphatic hydroxyl groups is 1. The number of hydrogen-bond donors (Lipinski definition) is 2. The van der Waals surface area contributed by atoms with Crippen molar-refractivity contribution in [3.63, 3.8) is 0 Å². The normalized spacial score (nSPS) is 22.0. The van der Waals surface area contributed by atoms with Crippen molar-refractivity contribution in [2.75, 3.05) is 25.4 Å². The lowest BCUT2D eigenvalue weighted by Crippen LogP contribution is -2.68. The average Bonchev–Trinajstić information content (AvgIpc) is 3.54. The molecule has 1 saturated carbocycles. The Hall–Kier alpha value is -3.62. The summed E-state index contributed by atoms with van der Waals surface area (Å²) in [5, 5.41) is 23.6. The number of amides is 2. The molecular formula is C41H52F3N3O6S2. The van der Waals surface area contributed by atoms with Gasteiger partial charge in [-0.25, -0.2) is 0 Å². The first kappa shape index (κ1) is 42.5. The van der Waals surface area contributed by atoms with Crippen LogP contribution in [-0.2, 0) is 21.4 Å². The molecule has 1 aromatic carbocycles. The molecule has 1 aliphatic carbocycles. The van der Waals surface area contributed by atoms with Crippen LogP contribution in [0.2, 0.25) is 0 Å². The van der Waals surface area contributed by atoms with E-state index >= 15 is 0 Å². The summed E-state index contributed by atoms with van der Waals surface area (Å²) in [6, 6.07) is 10.6. The molecule has 300 valence electrons. The Kier molecular flexibility index (Phi) is 13.3. The highest BCUT2D eigenvalue weighted by molar-refractivity contribution is 7.99. The van der Waals surface area contributed by atoms with E-state index in [1.165, 1.54) is 22.4 Å². The molecule has 9 nitrogen and oxygen atoms in total. The molecule has 0 unspecified atom stereocenters. The third kappa shape index (κ3) is 8.71. The standard InChI is InChI=1S/C40H48F3N3O6S2.CH4/c1-3-10-32-39(52-28-25-27(2)54-26-28,17-8-21-46(32)34(47)33-30(40(41,42)43)12-6-20-44-33)35(48)45-22-18-38(51,19-23-45)29-11-4-5-13-31(29)53-24-9-16-37(36(49)50)14-7-15-37;/h4-6,11-13,20,25-26,32,51H,3,7-10,14-19,21-24H2,1-2H3,(H,49,50);1H4/t32-,39+;/m1./s1. The summed E-state index contributed by atoms with van der Waals surface area (Å²) in [5.74, 6) is -0.791. The van der Waals surface area contributed by atoms with Gasteiger partial charge in [0.15, 0.2) is 0 Å². The lowest BCUT2D eigenvalue weighted by atomic mass is 9.66. The van der Waals surface area contributed by atoms with Gasteiger partial charge in [0.1, 0.15) is 11.4 Å². The summed E-state index contributed by atoms with van der Waals surface area (Å²) in [6.45, 7) is 4.36.